The van der Waals surface area contributed by atoms with Crippen molar-refractivity contribution in [3.05, 3.63) is 28.2 Å². The molecule has 0 aromatic heterocycles. The van der Waals surface area contributed by atoms with Gasteiger partial charge in [-0.1, -0.05) is 48.5 Å². The molecule has 0 saturated heterocycles. The number of aliphatic imine (C=N–C) groups is 1. The molecule has 1 atom stereocenters. The van der Waals surface area contributed by atoms with Gasteiger partial charge < -0.3 is 5.32 Å². The van der Waals surface area contributed by atoms with Crippen LogP contribution < -0.4 is 5.32 Å². The second-order valence-corrected chi connectivity index (χ2v) is 7.16. The van der Waals surface area contributed by atoms with E-state index in [1.807, 2.05) is 11.8 Å². The van der Waals surface area contributed by atoms with E-state index in [4.69, 9.17) is 4.99 Å². The van der Waals surface area contributed by atoms with Crippen LogP contribution in [0.3, 0.4) is 0 Å². The van der Waals surface area contributed by atoms with Crippen LogP contribution in [0.15, 0.2) is 27.7 Å². The molecule has 1 aliphatic rings. The first-order valence-corrected chi connectivity index (χ1v) is 8.64. The third-order valence-electron chi connectivity index (χ3n) is 3.39. The van der Waals surface area contributed by atoms with Crippen molar-refractivity contribution in [1.82, 2.24) is 0 Å². The Morgan fingerprint density at radius 1 is 1.47 bits per heavy atom. The van der Waals surface area contributed by atoms with Gasteiger partial charge in [0.25, 0.3) is 0 Å². The summed E-state index contributed by atoms with van der Waals surface area (Å²) >= 11 is 5.36. The highest BCUT2D eigenvalue weighted by Crippen LogP contribution is 2.26. The molecular formula is C15H21BrN2S. The number of hydrogen-bond donors (Lipinski definition) is 1. The molecule has 0 radical (unpaired) electrons. The minimum absolute atomic E-state index is 0.462. The van der Waals surface area contributed by atoms with Gasteiger partial charge in [0.05, 0.1) is 6.04 Å². The summed E-state index contributed by atoms with van der Waals surface area (Å²) in [5.41, 5.74) is 2.51. The maximum Gasteiger partial charge on any atom is 0.161 e. The van der Waals surface area contributed by atoms with E-state index >= 15 is 0 Å². The van der Waals surface area contributed by atoms with Crippen LogP contribution >= 0.6 is 27.7 Å². The number of nitrogens with zero attached hydrogens (tertiary/aromatic N) is 1. The molecule has 1 unspecified atom stereocenters. The van der Waals surface area contributed by atoms with Crippen molar-refractivity contribution in [2.75, 3.05) is 11.1 Å². The minimum atomic E-state index is 0.462. The topological polar surface area (TPSA) is 24.4 Å². The quantitative estimate of drug-likeness (QED) is 0.842. The number of rotatable bonds is 3. The Balaban J connectivity index is 2.16. The summed E-state index contributed by atoms with van der Waals surface area (Å²) in [5, 5.41) is 4.58. The first kappa shape index (κ1) is 14.9. The van der Waals surface area contributed by atoms with Crippen molar-refractivity contribution in [2.45, 2.75) is 39.7 Å². The van der Waals surface area contributed by atoms with E-state index in [-0.39, 0.29) is 0 Å². The average molecular weight is 341 g/mol. The van der Waals surface area contributed by atoms with Crippen LogP contribution in [-0.2, 0) is 6.42 Å². The average Bonchev–Trinajstić information content (AvgIpc) is 2.41. The molecule has 104 valence electrons. The first-order valence-electron chi connectivity index (χ1n) is 6.86. The van der Waals surface area contributed by atoms with Gasteiger partial charge in [-0.2, -0.15) is 0 Å². The maximum absolute atomic E-state index is 4.83. The van der Waals surface area contributed by atoms with Crippen molar-refractivity contribution in [3.8, 4) is 0 Å². The molecule has 0 aliphatic carbocycles. The second-order valence-electron chi connectivity index (χ2n) is 5.16. The number of halogens is 1. The van der Waals surface area contributed by atoms with Crippen molar-refractivity contribution < 1.29 is 0 Å². The highest BCUT2D eigenvalue weighted by molar-refractivity contribution is 9.10. The zero-order chi connectivity index (χ0) is 13.8. The molecule has 1 aromatic carbocycles. The van der Waals surface area contributed by atoms with Crippen LogP contribution in [0.4, 0.5) is 5.69 Å². The van der Waals surface area contributed by atoms with Crippen LogP contribution in [0.1, 0.15) is 32.8 Å². The van der Waals surface area contributed by atoms with Gasteiger partial charge in [-0.15, -0.1) is 0 Å². The second kappa shape index (κ2) is 6.80. The molecule has 1 N–H and O–H groups in total. The van der Waals surface area contributed by atoms with Crippen LogP contribution in [0.5, 0.6) is 0 Å². The largest absolute Gasteiger partial charge is 0.335 e. The molecule has 1 heterocycles. The molecule has 1 aromatic rings. The predicted molar refractivity (Wildman–Crippen MR) is 90.3 cm³/mol. The van der Waals surface area contributed by atoms with E-state index < -0.39 is 0 Å². The maximum atomic E-state index is 4.83. The lowest BCUT2D eigenvalue weighted by molar-refractivity contribution is 0.485. The molecular weight excluding hydrogens is 320 g/mol. The van der Waals surface area contributed by atoms with E-state index in [2.05, 4.69) is 60.2 Å². The van der Waals surface area contributed by atoms with E-state index in [0.29, 0.717) is 12.0 Å². The van der Waals surface area contributed by atoms with E-state index in [0.717, 1.165) is 21.8 Å². The Bertz CT molecular complexity index is 471. The zero-order valence-electron chi connectivity index (χ0n) is 11.7. The van der Waals surface area contributed by atoms with Crippen molar-refractivity contribution in [1.29, 1.82) is 0 Å². The lowest BCUT2D eigenvalue weighted by atomic mass is 10.0. The number of benzene rings is 1. The minimum Gasteiger partial charge on any atom is -0.335 e. The number of aryl methyl sites for hydroxylation is 1. The molecule has 0 fully saturated rings. The normalized spacial score (nSPS) is 19.4. The van der Waals surface area contributed by atoms with Gasteiger partial charge in [-0.25, -0.2) is 0 Å². The number of amidine groups is 1. The summed E-state index contributed by atoms with van der Waals surface area (Å²) in [6, 6.07) is 6.85. The van der Waals surface area contributed by atoms with E-state index in [1.165, 1.54) is 17.7 Å². The zero-order valence-corrected chi connectivity index (χ0v) is 14.1. The Morgan fingerprint density at radius 3 is 2.95 bits per heavy atom. The molecule has 2 rings (SSSR count). The van der Waals surface area contributed by atoms with Crippen LogP contribution in [-0.4, -0.2) is 17.0 Å². The molecule has 0 spiro atoms. The van der Waals surface area contributed by atoms with E-state index in [1.54, 1.807) is 0 Å². The SMILES string of the molecule is CCc1cc(Br)ccc1NC1=NC(C(C)C)CCS1. The standard InChI is InChI=1S/C15H21BrN2S/c1-4-11-9-12(16)5-6-14(11)18-15-17-13(10(2)3)7-8-19-15/h5-6,9-10,13H,4,7-8H2,1-3H3,(H,17,18). The van der Waals surface area contributed by atoms with Gasteiger partial charge in [0.1, 0.15) is 0 Å². The first-order chi connectivity index (χ1) is 9.10. The number of thioether (sulfide) groups is 1. The van der Waals surface area contributed by atoms with Crippen LogP contribution in [0, 0.1) is 5.92 Å². The molecule has 0 amide bonds. The highest BCUT2D eigenvalue weighted by Gasteiger charge is 2.19. The van der Waals surface area contributed by atoms with Gasteiger partial charge in [-0.3, -0.25) is 4.99 Å². The van der Waals surface area contributed by atoms with Gasteiger partial charge >= 0.3 is 0 Å². The summed E-state index contributed by atoms with van der Waals surface area (Å²) in [5.74, 6) is 1.78. The Labute approximate surface area is 128 Å². The van der Waals surface area contributed by atoms with E-state index in [9.17, 15) is 0 Å². The summed E-state index contributed by atoms with van der Waals surface area (Å²) in [4.78, 5) is 4.83. The van der Waals surface area contributed by atoms with Gasteiger partial charge in [0, 0.05) is 15.9 Å². The van der Waals surface area contributed by atoms with Crippen molar-refractivity contribution in [3.63, 3.8) is 0 Å². The fraction of sp³-hybridized carbons (Fsp3) is 0.533. The molecule has 2 nitrogen and oxygen atoms in total. The lowest BCUT2D eigenvalue weighted by Crippen LogP contribution is -2.24. The van der Waals surface area contributed by atoms with Gasteiger partial charge in [0.15, 0.2) is 5.17 Å². The van der Waals surface area contributed by atoms with Crippen LogP contribution in [0.2, 0.25) is 0 Å². The van der Waals surface area contributed by atoms with Crippen molar-refractivity contribution in [2.24, 2.45) is 10.9 Å². The fourth-order valence-electron chi connectivity index (χ4n) is 2.17. The molecule has 0 saturated carbocycles. The predicted octanol–water partition coefficient (Wildman–Crippen LogP) is 4.94. The lowest BCUT2D eigenvalue weighted by Gasteiger charge is -2.24. The summed E-state index contributed by atoms with van der Waals surface area (Å²) < 4.78 is 1.13. The Morgan fingerprint density at radius 2 is 2.26 bits per heavy atom. The van der Waals surface area contributed by atoms with Gasteiger partial charge in [0.2, 0.25) is 0 Å². The summed E-state index contributed by atoms with van der Waals surface area (Å²) in [6.45, 7) is 6.68. The highest BCUT2D eigenvalue weighted by atomic mass is 79.9. The van der Waals surface area contributed by atoms with Crippen LogP contribution in [0.25, 0.3) is 0 Å². The summed E-state index contributed by atoms with van der Waals surface area (Å²) in [7, 11) is 0. The Hall–Kier alpha value is -0.480. The smallest absolute Gasteiger partial charge is 0.161 e. The summed E-state index contributed by atoms with van der Waals surface area (Å²) in [6.07, 6.45) is 2.21. The fourth-order valence-corrected chi connectivity index (χ4v) is 3.52. The number of nitrogens with one attached hydrogen (secondary N) is 1. The number of hydrogen-bond acceptors (Lipinski definition) is 3. The monoisotopic (exact) mass is 340 g/mol. The van der Waals surface area contributed by atoms with Gasteiger partial charge in [-0.05, 0) is 42.5 Å². The third kappa shape index (κ3) is 3.99. The molecule has 4 heteroatoms. The third-order valence-corrected chi connectivity index (χ3v) is 4.81. The molecule has 0 bridgehead atoms. The van der Waals surface area contributed by atoms with Crippen molar-refractivity contribution >= 4 is 38.5 Å². The molecule has 1 aliphatic heterocycles. The number of anilines is 1. The Kier molecular flexibility index (Phi) is 5.34. The molecule has 19 heavy (non-hydrogen) atoms.